The van der Waals surface area contributed by atoms with E-state index in [0.29, 0.717) is 0 Å². The fraction of sp³-hybridized carbons (Fsp3) is 0.127. The first-order valence-corrected chi connectivity index (χ1v) is 26.2. The molecule has 0 aliphatic carbocycles. The monoisotopic (exact) mass is 970 g/mol. The summed E-state index contributed by atoms with van der Waals surface area (Å²) < 4.78 is 14.1. The van der Waals surface area contributed by atoms with Crippen molar-refractivity contribution in [1.82, 2.24) is 0 Å². The van der Waals surface area contributed by atoms with E-state index in [-0.39, 0.29) is 5.92 Å². The molecule has 0 unspecified atom stereocenters. The lowest BCUT2D eigenvalue weighted by Gasteiger charge is -2.30. The summed E-state index contributed by atoms with van der Waals surface area (Å²) in [5.41, 5.74) is 23.6. The highest BCUT2D eigenvalue weighted by molar-refractivity contribution is 6.20. The van der Waals surface area contributed by atoms with Crippen molar-refractivity contribution < 1.29 is 8.83 Å². The third-order valence-corrected chi connectivity index (χ3v) is 15.7. The van der Waals surface area contributed by atoms with Crippen molar-refractivity contribution in [2.75, 3.05) is 9.80 Å². The minimum atomic E-state index is 0.165. The average molecular weight is 971 g/mol. The Labute approximate surface area is 438 Å². The Kier molecular flexibility index (Phi) is 11.0. The third kappa shape index (κ3) is 7.74. The minimum Gasteiger partial charge on any atom is -0.456 e. The molecule has 75 heavy (non-hydrogen) atoms. The van der Waals surface area contributed by atoms with Gasteiger partial charge in [-0.25, -0.2) is 0 Å². The normalized spacial score (nSPS) is 11.9. The number of anilines is 6. The molecule has 0 atom stereocenters. The van der Waals surface area contributed by atoms with Crippen molar-refractivity contribution in [3.05, 3.63) is 239 Å². The van der Waals surface area contributed by atoms with E-state index in [1.54, 1.807) is 0 Å². The van der Waals surface area contributed by atoms with Gasteiger partial charge in [-0.05, 0) is 191 Å². The summed E-state index contributed by atoms with van der Waals surface area (Å²) in [6.07, 6.45) is 0. The van der Waals surface area contributed by atoms with Gasteiger partial charge < -0.3 is 18.6 Å². The summed E-state index contributed by atoms with van der Waals surface area (Å²) in [5, 5.41) is 8.92. The van der Waals surface area contributed by atoms with E-state index in [1.807, 2.05) is 0 Å². The SMILES string of the molecule is Cc1ccc(-c2ccccc2)cc1N(c1ccc2cc3c(cc2c1)oc1c(C(C)C)c2c(cc13)oc1cc3cc(N(c4cc(-c5ccccc5)ccc4C)c4c(C)cccc4C)ccc3cc12)c1c(C)cccc1C. The summed E-state index contributed by atoms with van der Waals surface area (Å²) in [7, 11) is 0. The van der Waals surface area contributed by atoms with Gasteiger partial charge in [0.1, 0.15) is 22.3 Å². The molecule has 0 saturated carbocycles. The lowest BCUT2D eigenvalue weighted by Crippen LogP contribution is -2.14. The predicted octanol–water partition coefficient (Wildman–Crippen LogP) is 21.0. The highest BCUT2D eigenvalue weighted by atomic mass is 16.3. The molecule has 0 N–H and O–H groups in total. The largest absolute Gasteiger partial charge is 0.456 e. The zero-order chi connectivity index (χ0) is 51.2. The fourth-order valence-corrected chi connectivity index (χ4v) is 11.9. The van der Waals surface area contributed by atoms with Gasteiger partial charge in [0.15, 0.2) is 0 Å². The molecule has 0 bridgehead atoms. The van der Waals surface area contributed by atoms with Crippen LogP contribution in [0.2, 0.25) is 0 Å². The summed E-state index contributed by atoms with van der Waals surface area (Å²) in [6, 6.07) is 73.2. The van der Waals surface area contributed by atoms with Crippen LogP contribution in [0.25, 0.3) is 87.7 Å². The molecule has 0 saturated heterocycles. The quantitative estimate of drug-likeness (QED) is 0.144. The second kappa shape index (κ2) is 18.0. The van der Waals surface area contributed by atoms with Gasteiger partial charge >= 0.3 is 0 Å². The number of rotatable bonds is 9. The molecule has 364 valence electrons. The van der Waals surface area contributed by atoms with E-state index >= 15 is 0 Å². The maximum Gasteiger partial charge on any atom is 0.139 e. The minimum absolute atomic E-state index is 0.165. The van der Waals surface area contributed by atoms with Crippen LogP contribution in [-0.4, -0.2) is 0 Å². The smallest absolute Gasteiger partial charge is 0.139 e. The van der Waals surface area contributed by atoms with Gasteiger partial charge in [-0.1, -0.05) is 147 Å². The Bertz CT molecular complexity index is 4200. The molecule has 0 fully saturated rings. The zero-order valence-electron chi connectivity index (χ0n) is 43.8. The van der Waals surface area contributed by atoms with Crippen molar-refractivity contribution in [2.24, 2.45) is 0 Å². The molecule has 0 aliphatic rings. The fourth-order valence-electron chi connectivity index (χ4n) is 11.9. The van der Waals surface area contributed by atoms with Crippen molar-refractivity contribution in [3.8, 4) is 22.3 Å². The summed E-state index contributed by atoms with van der Waals surface area (Å²) in [5.74, 6) is 0.165. The first kappa shape index (κ1) is 46.0. The molecule has 13 rings (SSSR count). The van der Waals surface area contributed by atoms with Gasteiger partial charge in [0.25, 0.3) is 0 Å². The van der Waals surface area contributed by atoms with Crippen LogP contribution in [0.15, 0.2) is 209 Å². The number of fused-ring (bicyclic) bond motifs is 8. The number of hydrogen-bond acceptors (Lipinski definition) is 4. The van der Waals surface area contributed by atoms with Crippen molar-refractivity contribution in [1.29, 1.82) is 0 Å². The molecular weight excluding hydrogens is 913 g/mol. The number of hydrogen-bond donors (Lipinski definition) is 0. The number of furan rings is 2. The van der Waals surface area contributed by atoms with Crippen LogP contribution < -0.4 is 9.80 Å². The first-order valence-electron chi connectivity index (χ1n) is 26.2. The molecule has 0 spiro atoms. The van der Waals surface area contributed by atoms with Crippen molar-refractivity contribution in [2.45, 2.75) is 61.3 Å². The van der Waals surface area contributed by atoms with Gasteiger partial charge in [-0.3, -0.25) is 0 Å². The van der Waals surface area contributed by atoms with E-state index in [0.717, 1.165) is 88.2 Å². The number of para-hydroxylation sites is 2. The molecule has 0 amide bonds. The molecule has 0 radical (unpaired) electrons. The lowest BCUT2D eigenvalue weighted by atomic mass is 9.93. The number of aryl methyl sites for hydroxylation is 6. The molecule has 2 heterocycles. The van der Waals surface area contributed by atoms with Crippen LogP contribution in [0.1, 0.15) is 58.7 Å². The Hall–Kier alpha value is -8.86. The number of benzene rings is 11. The molecule has 4 heteroatoms. The number of nitrogens with zero attached hydrogens (tertiary/aromatic N) is 2. The average Bonchev–Trinajstić information content (AvgIpc) is 4.10. The highest BCUT2D eigenvalue weighted by Gasteiger charge is 2.25. The van der Waals surface area contributed by atoms with Gasteiger partial charge in [0, 0.05) is 49.9 Å². The Balaban J connectivity index is 0.944. The summed E-state index contributed by atoms with van der Waals surface area (Å²) in [4.78, 5) is 4.89. The standard InChI is InChI=1S/C71H58N2O2/c1-42(2)67-68-61-36-52-30-32-58(73(70-47(7)19-16-20-48(70)8)63-38-54(28-26-44(63)4)50-23-13-10-14-24-50)34-56(52)40-65(61)74-66(68)41-60-59-35-51-29-31-57(33-55(51)39-64(59)75-71(60)67)72(69-45(5)17-15-18-46(69)6)62-37-53(27-25-43(62)3)49-21-11-9-12-22-49/h9-42H,1-8H3. The van der Waals surface area contributed by atoms with E-state index in [4.69, 9.17) is 8.83 Å². The third-order valence-electron chi connectivity index (χ3n) is 15.7. The van der Waals surface area contributed by atoms with Gasteiger partial charge in [0.05, 0.1) is 11.4 Å². The van der Waals surface area contributed by atoms with E-state index in [9.17, 15) is 0 Å². The Morgan fingerprint density at radius 3 is 1.28 bits per heavy atom. The Morgan fingerprint density at radius 2 is 0.800 bits per heavy atom. The van der Waals surface area contributed by atoms with Crippen LogP contribution in [0, 0.1) is 41.5 Å². The molecule has 2 aromatic heterocycles. The summed E-state index contributed by atoms with van der Waals surface area (Å²) in [6.45, 7) is 17.8. The van der Waals surface area contributed by atoms with E-state index < -0.39 is 0 Å². The molecule has 0 aliphatic heterocycles. The maximum absolute atomic E-state index is 7.09. The molecule has 4 nitrogen and oxygen atoms in total. The van der Waals surface area contributed by atoms with Crippen LogP contribution in [0.4, 0.5) is 34.1 Å². The molecular formula is C71H58N2O2. The van der Waals surface area contributed by atoms with Gasteiger partial charge in [-0.15, -0.1) is 0 Å². The van der Waals surface area contributed by atoms with Crippen LogP contribution in [0.3, 0.4) is 0 Å². The Morgan fingerprint density at radius 1 is 0.333 bits per heavy atom. The summed E-state index contributed by atoms with van der Waals surface area (Å²) >= 11 is 0. The molecule has 13 aromatic rings. The van der Waals surface area contributed by atoms with E-state index in [2.05, 4.69) is 265 Å². The first-order chi connectivity index (χ1) is 36.5. The van der Waals surface area contributed by atoms with E-state index in [1.165, 1.54) is 72.6 Å². The van der Waals surface area contributed by atoms with Gasteiger partial charge in [0.2, 0.25) is 0 Å². The molecule has 11 aromatic carbocycles. The zero-order valence-corrected chi connectivity index (χ0v) is 43.8. The van der Waals surface area contributed by atoms with Crippen LogP contribution in [-0.2, 0) is 0 Å². The van der Waals surface area contributed by atoms with Crippen molar-refractivity contribution >= 4 is 99.5 Å². The highest BCUT2D eigenvalue weighted by Crippen LogP contribution is 2.48. The van der Waals surface area contributed by atoms with Crippen molar-refractivity contribution in [3.63, 3.8) is 0 Å². The van der Waals surface area contributed by atoms with Gasteiger partial charge in [-0.2, -0.15) is 0 Å². The van der Waals surface area contributed by atoms with Crippen LogP contribution in [0.5, 0.6) is 0 Å². The second-order valence-corrected chi connectivity index (χ2v) is 21.0. The second-order valence-electron chi connectivity index (χ2n) is 21.0. The predicted molar refractivity (Wildman–Crippen MR) is 319 cm³/mol. The topological polar surface area (TPSA) is 32.8 Å². The maximum atomic E-state index is 7.09. The lowest BCUT2D eigenvalue weighted by molar-refractivity contribution is 0.655. The van der Waals surface area contributed by atoms with Crippen LogP contribution >= 0.6 is 0 Å².